The fourth-order valence-corrected chi connectivity index (χ4v) is 3.50. The van der Waals surface area contributed by atoms with Crippen molar-refractivity contribution in [2.45, 2.75) is 39.2 Å². The lowest BCUT2D eigenvalue weighted by molar-refractivity contribution is -0.132. The van der Waals surface area contributed by atoms with Crippen molar-refractivity contribution in [3.63, 3.8) is 0 Å². The molecule has 1 N–H and O–H groups in total. The van der Waals surface area contributed by atoms with Gasteiger partial charge in [0.1, 0.15) is 5.82 Å². The van der Waals surface area contributed by atoms with Gasteiger partial charge in [-0.1, -0.05) is 31.4 Å². The highest BCUT2D eigenvalue weighted by Gasteiger charge is 2.19. The lowest BCUT2D eigenvalue weighted by Gasteiger charge is -2.25. The number of nitrogens with one attached hydrogen (secondary N) is 1. The number of H-pyrrole nitrogens is 1. The van der Waals surface area contributed by atoms with E-state index < -0.39 is 0 Å². The fraction of sp³-hybridized carbons (Fsp3) is 0.526. The molecule has 0 bridgehead atoms. The summed E-state index contributed by atoms with van der Waals surface area (Å²) in [7, 11) is 0. The van der Waals surface area contributed by atoms with Gasteiger partial charge in [0.25, 0.3) is 5.56 Å². The number of amides is 1. The second-order valence-corrected chi connectivity index (χ2v) is 7.21. The van der Waals surface area contributed by atoms with E-state index in [1.54, 1.807) is 18.2 Å². The Morgan fingerprint density at radius 3 is 2.69 bits per heavy atom. The Kier molecular flexibility index (Phi) is 6.27. The molecule has 1 aliphatic heterocycles. The molecular formula is C19H25ClN4O2. The summed E-state index contributed by atoms with van der Waals surface area (Å²) in [5.74, 6) is 0.704. The second kappa shape index (κ2) is 8.64. The van der Waals surface area contributed by atoms with Crippen LogP contribution in [0.15, 0.2) is 23.0 Å². The summed E-state index contributed by atoms with van der Waals surface area (Å²) in [6.07, 6.45) is 4.56. The first-order valence-corrected chi connectivity index (χ1v) is 9.63. The number of carbonyl (C=O) groups is 1. The number of fused-ring (bicyclic) bond motifs is 1. The van der Waals surface area contributed by atoms with Gasteiger partial charge in [-0.05, 0) is 37.6 Å². The summed E-state index contributed by atoms with van der Waals surface area (Å²) in [4.78, 5) is 36.2. The maximum absolute atomic E-state index is 12.6. The maximum atomic E-state index is 12.6. The summed E-state index contributed by atoms with van der Waals surface area (Å²) in [5, 5.41) is 1.06. The number of carbonyl (C=O) groups excluding carboxylic acids is 1. The van der Waals surface area contributed by atoms with Crippen LogP contribution in [0, 0.1) is 0 Å². The zero-order chi connectivity index (χ0) is 18.5. The first kappa shape index (κ1) is 18.9. The summed E-state index contributed by atoms with van der Waals surface area (Å²) in [6, 6.07) is 5.04. The van der Waals surface area contributed by atoms with E-state index in [2.05, 4.69) is 9.97 Å². The normalized spacial score (nSPS) is 15.4. The van der Waals surface area contributed by atoms with Crippen LogP contribution in [0.5, 0.6) is 0 Å². The van der Waals surface area contributed by atoms with Gasteiger partial charge in [-0.3, -0.25) is 14.5 Å². The number of aromatic amines is 1. The largest absolute Gasteiger partial charge is 0.342 e. The van der Waals surface area contributed by atoms with Gasteiger partial charge >= 0.3 is 0 Å². The van der Waals surface area contributed by atoms with Crippen LogP contribution in [-0.2, 0) is 11.3 Å². The molecule has 7 heteroatoms. The van der Waals surface area contributed by atoms with E-state index in [1.165, 1.54) is 12.8 Å². The minimum atomic E-state index is -0.184. The van der Waals surface area contributed by atoms with Gasteiger partial charge < -0.3 is 9.88 Å². The van der Waals surface area contributed by atoms with Gasteiger partial charge in [0.2, 0.25) is 5.91 Å². The maximum Gasteiger partial charge on any atom is 0.258 e. The quantitative estimate of drug-likeness (QED) is 0.871. The number of aromatic nitrogens is 2. The number of benzene rings is 1. The Balaban J connectivity index is 1.72. The first-order chi connectivity index (χ1) is 12.6. The number of likely N-dealkylation sites (tertiary alicyclic amines) is 1. The SMILES string of the molecule is CCN(CC(=O)N1CCCCCC1)Cc1nc2cc(Cl)ccc2c(=O)[nH]1. The third kappa shape index (κ3) is 4.62. The zero-order valence-corrected chi connectivity index (χ0v) is 15.9. The molecule has 2 heterocycles. The molecule has 0 atom stereocenters. The average Bonchev–Trinajstić information content (AvgIpc) is 2.90. The van der Waals surface area contributed by atoms with Crippen molar-refractivity contribution < 1.29 is 4.79 Å². The number of nitrogens with zero attached hydrogens (tertiary/aromatic N) is 3. The van der Waals surface area contributed by atoms with E-state index in [9.17, 15) is 9.59 Å². The first-order valence-electron chi connectivity index (χ1n) is 9.25. The summed E-state index contributed by atoms with van der Waals surface area (Å²) in [5.41, 5.74) is 0.391. The smallest absolute Gasteiger partial charge is 0.258 e. The van der Waals surface area contributed by atoms with Crippen molar-refractivity contribution in [3.05, 3.63) is 39.4 Å². The molecule has 0 saturated carbocycles. The van der Waals surface area contributed by atoms with E-state index in [-0.39, 0.29) is 11.5 Å². The molecule has 2 aromatic rings. The molecule has 0 spiro atoms. The highest BCUT2D eigenvalue weighted by molar-refractivity contribution is 6.31. The van der Waals surface area contributed by atoms with Crippen LogP contribution in [-0.4, -0.2) is 51.9 Å². The highest BCUT2D eigenvalue weighted by atomic mass is 35.5. The summed E-state index contributed by atoms with van der Waals surface area (Å²) >= 11 is 6.01. The van der Waals surface area contributed by atoms with Crippen LogP contribution in [0.4, 0.5) is 0 Å². The molecule has 6 nitrogen and oxygen atoms in total. The molecule has 1 amide bonds. The van der Waals surface area contributed by atoms with Crippen molar-refractivity contribution in [2.24, 2.45) is 0 Å². The molecular weight excluding hydrogens is 352 g/mol. The van der Waals surface area contributed by atoms with E-state index in [0.717, 1.165) is 25.9 Å². The Labute approximate surface area is 158 Å². The van der Waals surface area contributed by atoms with Crippen molar-refractivity contribution in [1.82, 2.24) is 19.8 Å². The number of hydrogen-bond donors (Lipinski definition) is 1. The molecule has 1 aromatic heterocycles. The third-order valence-corrected chi connectivity index (χ3v) is 5.09. The Bertz CT molecular complexity index is 828. The summed E-state index contributed by atoms with van der Waals surface area (Å²) in [6.45, 7) is 5.17. The summed E-state index contributed by atoms with van der Waals surface area (Å²) < 4.78 is 0. The van der Waals surface area contributed by atoms with Crippen LogP contribution in [0.2, 0.25) is 5.02 Å². The lowest BCUT2D eigenvalue weighted by atomic mass is 10.2. The highest BCUT2D eigenvalue weighted by Crippen LogP contribution is 2.15. The van der Waals surface area contributed by atoms with E-state index in [0.29, 0.717) is 41.4 Å². The third-order valence-electron chi connectivity index (χ3n) is 4.86. The number of likely N-dealkylation sites (N-methyl/N-ethyl adjacent to an activating group) is 1. The molecule has 1 saturated heterocycles. The zero-order valence-electron chi connectivity index (χ0n) is 15.1. The number of rotatable bonds is 5. The van der Waals surface area contributed by atoms with E-state index in [1.807, 2.05) is 16.7 Å². The number of hydrogen-bond acceptors (Lipinski definition) is 4. The monoisotopic (exact) mass is 376 g/mol. The Morgan fingerprint density at radius 2 is 2.00 bits per heavy atom. The van der Waals surface area contributed by atoms with Crippen LogP contribution in [0.25, 0.3) is 10.9 Å². The molecule has 26 heavy (non-hydrogen) atoms. The van der Waals surface area contributed by atoms with Crippen LogP contribution in [0.1, 0.15) is 38.4 Å². The molecule has 1 fully saturated rings. The average molecular weight is 377 g/mol. The lowest BCUT2D eigenvalue weighted by Crippen LogP contribution is -2.41. The minimum absolute atomic E-state index is 0.153. The predicted molar refractivity (Wildman–Crippen MR) is 103 cm³/mol. The van der Waals surface area contributed by atoms with Gasteiger partial charge in [-0.25, -0.2) is 4.98 Å². The van der Waals surface area contributed by atoms with Gasteiger partial charge in [-0.15, -0.1) is 0 Å². The molecule has 1 aromatic carbocycles. The fourth-order valence-electron chi connectivity index (χ4n) is 3.34. The van der Waals surface area contributed by atoms with Crippen molar-refractivity contribution in [2.75, 3.05) is 26.2 Å². The molecule has 0 aliphatic carbocycles. The van der Waals surface area contributed by atoms with E-state index in [4.69, 9.17) is 11.6 Å². The van der Waals surface area contributed by atoms with Gasteiger partial charge in [0, 0.05) is 18.1 Å². The Hall–Kier alpha value is -1.92. The van der Waals surface area contributed by atoms with Crippen molar-refractivity contribution in [3.8, 4) is 0 Å². The molecule has 0 radical (unpaired) electrons. The second-order valence-electron chi connectivity index (χ2n) is 6.77. The minimum Gasteiger partial charge on any atom is -0.342 e. The van der Waals surface area contributed by atoms with E-state index >= 15 is 0 Å². The van der Waals surface area contributed by atoms with Gasteiger partial charge in [-0.2, -0.15) is 0 Å². The van der Waals surface area contributed by atoms with Gasteiger partial charge in [0.05, 0.1) is 24.0 Å². The molecule has 0 unspecified atom stereocenters. The number of halogens is 1. The standard InChI is InChI=1S/C19H25ClN4O2/c1-2-23(13-18(25)24-9-5-3-4-6-10-24)12-17-21-16-11-14(20)7-8-15(16)19(26)22-17/h7-8,11H,2-6,9-10,12-13H2,1H3,(H,21,22,26). The predicted octanol–water partition coefficient (Wildman–Crippen LogP) is 2.80. The molecule has 1 aliphatic rings. The topological polar surface area (TPSA) is 69.3 Å². The molecule has 3 rings (SSSR count). The van der Waals surface area contributed by atoms with Crippen LogP contribution in [0.3, 0.4) is 0 Å². The van der Waals surface area contributed by atoms with Crippen LogP contribution >= 0.6 is 11.6 Å². The Morgan fingerprint density at radius 1 is 1.27 bits per heavy atom. The van der Waals surface area contributed by atoms with Gasteiger partial charge in [0.15, 0.2) is 0 Å². The van der Waals surface area contributed by atoms with Crippen LogP contribution < -0.4 is 5.56 Å². The molecule has 140 valence electrons. The van der Waals surface area contributed by atoms with Crippen molar-refractivity contribution in [1.29, 1.82) is 0 Å². The van der Waals surface area contributed by atoms with Crippen molar-refractivity contribution >= 4 is 28.4 Å².